The fraction of sp³-hybridized carbons (Fsp3) is 0.0952. The quantitative estimate of drug-likeness (QED) is 0.121. The molecule has 0 bridgehead atoms. The van der Waals surface area contributed by atoms with E-state index in [0.29, 0.717) is 23.0 Å². The van der Waals surface area contributed by atoms with Crippen molar-refractivity contribution in [1.82, 2.24) is 0 Å². The van der Waals surface area contributed by atoms with Gasteiger partial charge in [-0.1, -0.05) is 66.7 Å². The van der Waals surface area contributed by atoms with Crippen LogP contribution in [0.2, 0.25) is 0 Å². The van der Waals surface area contributed by atoms with E-state index in [0.717, 1.165) is 26.9 Å². The summed E-state index contributed by atoms with van der Waals surface area (Å²) in [4.78, 5) is 0. The molecule has 6 heteroatoms. The zero-order valence-corrected chi connectivity index (χ0v) is 28.0. The molecule has 0 aliphatic rings. The van der Waals surface area contributed by atoms with Gasteiger partial charge in [-0.15, -0.1) is 0 Å². The molecule has 0 radical (unpaired) electrons. The molecule has 0 fully saturated rings. The molecule has 48 heavy (non-hydrogen) atoms. The molecule has 1 heterocycles. The Hall–Kier alpha value is -5.51. The molecule has 0 N–H and O–H groups in total. The van der Waals surface area contributed by atoms with Gasteiger partial charge in [0.05, 0.1) is 28.4 Å². The van der Waals surface area contributed by atoms with E-state index in [-0.39, 0.29) is 0 Å². The predicted octanol–water partition coefficient (Wildman–Crippen LogP) is 9.35. The second kappa shape index (κ2) is 12.3. The monoisotopic (exact) mass is 648 g/mol. The van der Waals surface area contributed by atoms with Gasteiger partial charge in [0.15, 0.2) is 0 Å². The zero-order chi connectivity index (χ0) is 32.8. The van der Waals surface area contributed by atoms with Gasteiger partial charge < -0.3 is 23.4 Å². The Bertz CT molecular complexity index is 2370. The molecule has 7 aromatic carbocycles. The van der Waals surface area contributed by atoms with Crippen LogP contribution in [0, 0.1) is 0 Å². The summed E-state index contributed by atoms with van der Waals surface area (Å²) >= 11 is 0. The number of methoxy groups -OCH3 is 4. The number of fused-ring (bicyclic) bond motifs is 7. The Kier molecular flexibility index (Phi) is 7.63. The van der Waals surface area contributed by atoms with Gasteiger partial charge in [0.25, 0.3) is 0 Å². The number of hydrogen-bond donors (Lipinski definition) is 0. The van der Waals surface area contributed by atoms with E-state index in [1.54, 1.807) is 28.4 Å². The predicted molar refractivity (Wildman–Crippen MR) is 199 cm³/mol. The van der Waals surface area contributed by atoms with Gasteiger partial charge in [0, 0.05) is 28.2 Å². The Morgan fingerprint density at radius 3 is 1.69 bits per heavy atom. The second-order valence-electron chi connectivity index (χ2n) is 11.6. The molecule has 0 atom stereocenters. The average Bonchev–Trinajstić information content (AvgIpc) is 3.58. The first-order valence-corrected chi connectivity index (χ1v) is 17.0. The average molecular weight is 649 g/mol. The zero-order valence-electron chi connectivity index (χ0n) is 27.1. The van der Waals surface area contributed by atoms with Crippen LogP contribution in [0.4, 0.5) is 0 Å². The minimum atomic E-state index is -1.25. The van der Waals surface area contributed by atoms with Crippen molar-refractivity contribution in [2.75, 3.05) is 28.4 Å². The van der Waals surface area contributed by atoms with E-state index >= 15 is 0 Å². The lowest BCUT2D eigenvalue weighted by Gasteiger charge is -2.22. The summed E-state index contributed by atoms with van der Waals surface area (Å²) in [6.45, 7) is 0. The molecule has 0 spiro atoms. The van der Waals surface area contributed by atoms with Gasteiger partial charge in [0.1, 0.15) is 34.8 Å². The molecule has 8 rings (SSSR count). The van der Waals surface area contributed by atoms with Crippen molar-refractivity contribution in [2.45, 2.75) is 0 Å². The van der Waals surface area contributed by atoms with Gasteiger partial charge in [-0.3, -0.25) is 0 Å². The van der Waals surface area contributed by atoms with Gasteiger partial charge in [0.2, 0.25) is 0 Å². The normalized spacial score (nSPS) is 11.5. The lowest BCUT2D eigenvalue weighted by atomic mass is 9.89. The van der Waals surface area contributed by atoms with Crippen molar-refractivity contribution < 1.29 is 23.4 Å². The van der Waals surface area contributed by atoms with Crippen molar-refractivity contribution in [3.63, 3.8) is 0 Å². The van der Waals surface area contributed by atoms with E-state index < -0.39 is 7.92 Å². The molecule has 5 nitrogen and oxygen atoms in total. The maximum atomic E-state index is 6.51. The number of benzene rings is 7. The minimum absolute atomic E-state index is 0.715. The molecule has 0 saturated heterocycles. The standard InChI is InChI=1S/C42H33O5P/c1-43-29-19-30(44-2)22-33(21-29)48(34-23-31(45-3)20-32(24-34)46-4)39-25-47-38-17-16-36-37(26-10-6-5-7-11-26)18-28-15-14-27-12-8-9-13-35(27)40(28)41(36)42(38)39/h5-25H,1-4H3. The summed E-state index contributed by atoms with van der Waals surface area (Å²) in [5.74, 6) is 2.86. The molecule has 0 unspecified atom stereocenters. The summed E-state index contributed by atoms with van der Waals surface area (Å²) in [7, 11) is 5.47. The number of furan rings is 1. The van der Waals surface area contributed by atoms with E-state index in [9.17, 15) is 0 Å². The summed E-state index contributed by atoms with van der Waals surface area (Å²) in [6.07, 6.45) is 1.93. The molecule has 0 aliphatic carbocycles. The van der Waals surface area contributed by atoms with Crippen LogP contribution in [0.5, 0.6) is 23.0 Å². The van der Waals surface area contributed by atoms with E-state index in [2.05, 4.69) is 109 Å². The lowest BCUT2D eigenvalue weighted by molar-refractivity contribution is 0.395. The van der Waals surface area contributed by atoms with Crippen molar-refractivity contribution in [1.29, 1.82) is 0 Å². The fourth-order valence-electron chi connectivity index (χ4n) is 6.81. The number of ether oxygens (including phenoxy) is 4. The van der Waals surface area contributed by atoms with E-state index in [4.69, 9.17) is 23.4 Å². The fourth-order valence-corrected chi connectivity index (χ4v) is 9.29. The Balaban J connectivity index is 1.56. The summed E-state index contributed by atoms with van der Waals surface area (Å²) in [6, 6.07) is 42.5. The molecular formula is C42H33O5P. The van der Waals surface area contributed by atoms with Gasteiger partial charge >= 0.3 is 0 Å². The third-order valence-electron chi connectivity index (χ3n) is 9.04. The number of rotatable bonds is 8. The topological polar surface area (TPSA) is 50.1 Å². The largest absolute Gasteiger partial charge is 0.497 e. The maximum absolute atomic E-state index is 6.51. The van der Waals surface area contributed by atoms with Crippen LogP contribution in [0.3, 0.4) is 0 Å². The highest BCUT2D eigenvalue weighted by Gasteiger charge is 2.27. The SMILES string of the molecule is COc1cc(OC)cc(P(c2cc(OC)cc(OC)c2)c2coc3ccc4c(-c5ccccc5)cc5ccc6ccccc6c5c4c23)c1. The summed E-state index contributed by atoms with van der Waals surface area (Å²) < 4.78 is 29.6. The van der Waals surface area contributed by atoms with Crippen molar-refractivity contribution in [3.8, 4) is 34.1 Å². The van der Waals surface area contributed by atoms with Crippen LogP contribution in [-0.2, 0) is 0 Å². The lowest BCUT2D eigenvalue weighted by Crippen LogP contribution is -2.21. The Morgan fingerprint density at radius 2 is 1.06 bits per heavy atom. The summed E-state index contributed by atoms with van der Waals surface area (Å²) in [5, 5.41) is 11.4. The van der Waals surface area contributed by atoms with E-state index in [1.807, 2.05) is 18.4 Å². The minimum Gasteiger partial charge on any atom is -0.497 e. The molecular weight excluding hydrogens is 615 g/mol. The van der Waals surface area contributed by atoms with Crippen LogP contribution in [-0.4, -0.2) is 28.4 Å². The van der Waals surface area contributed by atoms with E-state index in [1.165, 1.54) is 43.4 Å². The Labute approximate surface area is 280 Å². The molecule has 0 aliphatic heterocycles. The van der Waals surface area contributed by atoms with Gasteiger partial charge in [-0.05, 0) is 99.1 Å². The number of hydrogen-bond acceptors (Lipinski definition) is 5. The van der Waals surface area contributed by atoms with Crippen LogP contribution in [0.25, 0.3) is 54.4 Å². The van der Waals surface area contributed by atoms with Crippen LogP contribution in [0.1, 0.15) is 0 Å². The highest BCUT2D eigenvalue weighted by atomic mass is 31.1. The first kappa shape index (κ1) is 29.9. The smallest absolute Gasteiger partial charge is 0.135 e. The molecule has 236 valence electrons. The molecule has 0 amide bonds. The van der Waals surface area contributed by atoms with Crippen LogP contribution in [0.15, 0.2) is 132 Å². The van der Waals surface area contributed by atoms with Crippen molar-refractivity contribution in [3.05, 3.63) is 128 Å². The van der Waals surface area contributed by atoms with Crippen molar-refractivity contribution >= 4 is 67.1 Å². The third-order valence-corrected chi connectivity index (χ3v) is 11.4. The summed E-state index contributed by atoms with van der Waals surface area (Å²) in [5.41, 5.74) is 3.17. The Morgan fingerprint density at radius 1 is 0.479 bits per heavy atom. The van der Waals surface area contributed by atoms with Crippen molar-refractivity contribution in [2.24, 2.45) is 0 Å². The first-order valence-electron chi connectivity index (χ1n) is 15.7. The van der Waals surface area contributed by atoms with Gasteiger partial charge in [-0.2, -0.15) is 0 Å². The molecule has 0 saturated carbocycles. The third kappa shape index (κ3) is 4.99. The molecule has 1 aromatic heterocycles. The van der Waals surface area contributed by atoms with Crippen LogP contribution < -0.4 is 34.9 Å². The second-order valence-corrected chi connectivity index (χ2v) is 13.8. The highest BCUT2D eigenvalue weighted by molar-refractivity contribution is 7.80. The maximum Gasteiger partial charge on any atom is 0.135 e. The highest BCUT2D eigenvalue weighted by Crippen LogP contribution is 2.46. The molecule has 8 aromatic rings. The van der Waals surface area contributed by atoms with Gasteiger partial charge in [-0.25, -0.2) is 0 Å². The first-order chi connectivity index (χ1) is 23.6. The van der Waals surface area contributed by atoms with Crippen LogP contribution >= 0.6 is 7.92 Å².